The number of rotatable bonds is 9. The van der Waals surface area contributed by atoms with E-state index in [2.05, 4.69) is 27.1 Å². The van der Waals surface area contributed by atoms with Gasteiger partial charge in [0.15, 0.2) is 6.10 Å². The second-order valence-electron chi connectivity index (χ2n) is 14.6. The van der Waals surface area contributed by atoms with Crippen molar-refractivity contribution >= 4 is 12.1 Å². The molecule has 1 amide bonds. The Morgan fingerprint density at radius 1 is 1.24 bits per heavy atom. The van der Waals surface area contributed by atoms with Gasteiger partial charge in [-0.3, -0.25) is 9.69 Å². The molecule has 3 N–H and O–H groups in total. The first-order valence-corrected chi connectivity index (χ1v) is 16.8. The fraction of sp³-hybridized carbons (Fsp3) is 0.771. The molecule has 0 aromatic heterocycles. The molecule has 10 heteroatoms. The molecule has 3 aliphatic heterocycles. The molecule has 0 bridgehead atoms. The number of hydrogen-bond acceptors (Lipinski definition) is 8. The summed E-state index contributed by atoms with van der Waals surface area (Å²) in [6.45, 7) is 14.3. The highest BCUT2D eigenvalue weighted by Gasteiger charge is 2.45. The SMILES string of the molecule is CC[C@H](O)[C@@H](C)[C@H]1O[C@@H]1C[C@H](C)/C=C/C=C(\C)[C@H]1OC(=O)C[C@H](O)CC[C@@](C)(O)[C@@H](OC(=O)N2CC[N+](C)(C)CC2)/C=C/[C@@H]1C. The Balaban J connectivity index is 1.71. The van der Waals surface area contributed by atoms with Crippen molar-refractivity contribution in [2.45, 2.75) is 116 Å². The lowest BCUT2D eigenvalue weighted by molar-refractivity contribution is -0.894. The summed E-state index contributed by atoms with van der Waals surface area (Å²) in [5.74, 6) is -0.438. The standard InChI is InChI=1S/C35H59N2O8/c1-9-28(39)26(5)33-29(43-33)21-23(2)11-10-12-24(3)32-25(4)13-14-30(35(6,42)16-15-27(38)22-31(40)45-32)44-34(41)36-17-19-37(7,8)20-18-36/h10-14,23,25-30,32-33,38-39,42H,9,15-22H2,1-8H3/q+1/b11-10+,14-13+,24-12+/t23-,25+,26-,27-,28+,29-,30+,32-,33-,35-/m1/s1. The van der Waals surface area contributed by atoms with Gasteiger partial charge in [-0.1, -0.05) is 52.0 Å². The number of amides is 1. The molecular formula is C35H59N2O8+. The molecule has 45 heavy (non-hydrogen) atoms. The maximum Gasteiger partial charge on any atom is 0.410 e. The smallest absolute Gasteiger partial charge is 0.410 e. The summed E-state index contributed by atoms with van der Waals surface area (Å²) in [6.07, 6.45) is 8.05. The van der Waals surface area contributed by atoms with Crippen molar-refractivity contribution in [2.75, 3.05) is 40.3 Å². The molecule has 2 fully saturated rings. The Morgan fingerprint density at radius 2 is 1.91 bits per heavy atom. The van der Waals surface area contributed by atoms with E-state index in [4.69, 9.17) is 14.2 Å². The zero-order valence-electron chi connectivity index (χ0n) is 28.7. The summed E-state index contributed by atoms with van der Waals surface area (Å²) in [5, 5.41) is 32.1. The van der Waals surface area contributed by atoms with Crippen molar-refractivity contribution in [3.63, 3.8) is 0 Å². The molecule has 10 atom stereocenters. The minimum atomic E-state index is -1.45. The van der Waals surface area contributed by atoms with Gasteiger partial charge in [0.1, 0.15) is 11.7 Å². The number of likely N-dealkylation sites (N-methyl/N-ethyl adjacent to an activating group) is 1. The molecule has 256 valence electrons. The zero-order chi connectivity index (χ0) is 33.5. The predicted molar refractivity (Wildman–Crippen MR) is 173 cm³/mol. The van der Waals surface area contributed by atoms with E-state index in [1.165, 1.54) is 0 Å². The van der Waals surface area contributed by atoms with Crippen LogP contribution in [0.1, 0.15) is 73.6 Å². The predicted octanol–water partition coefficient (Wildman–Crippen LogP) is 3.99. The van der Waals surface area contributed by atoms with E-state index in [1.807, 2.05) is 45.9 Å². The Hall–Kier alpha value is -2.24. The monoisotopic (exact) mass is 635 g/mol. The van der Waals surface area contributed by atoms with Crippen molar-refractivity contribution in [3.8, 4) is 0 Å². The zero-order valence-corrected chi connectivity index (χ0v) is 28.7. The van der Waals surface area contributed by atoms with Gasteiger partial charge in [0, 0.05) is 11.8 Å². The summed E-state index contributed by atoms with van der Waals surface area (Å²) < 4.78 is 18.4. The third-order valence-corrected chi connectivity index (χ3v) is 9.78. The van der Waals surface area contributed by atoms with Gasteiger partial charge in [-0.2, -0.15) is 0 Å². The first kappa shape index (κ1) is 37.2. The highest BCUT2D eigenvalue weighted by Crippen LogP contribution is 2.36. The van der Waals surface area contributed by atoms with E-state index in [0.717, 1.165) is 29.6 Å². The van der Waals surface area contributed by atoms with Crippen LogP contribution in [0.4, 0.5) is 4.79 Å². The van der Waals surface area contributed by atoms with E-state index in [-0.39, 0.29) is 55.3 Å². The van der Waals surface area contributed by atoms with Crippen LogP contribution in [-0.4, -0.2) is 119 Å². The number of aliphatic hydroxyl groups is 3. The van der Waals surface area contributed by atoms with Crippen LogP contribution in [0.5, 0.6) is 0 Å². The molecule has 0 aromatic rings. The van der Waals surface area contributed by atoms with E-state index < -0.39 is 36.0 Å². The molecule has 0 aromatic carbocycles. The van der Waals surface area contributed by atoms with Gasteiger partial charge in [0.2, 0.25) is 0 Å². The number of hydrogen-bond donors (Lipinski definition) is 3. The maximum absolute atomic E-state index is 13.1. The number of aliphatic hydroxyl groups excluding tert-OH is 2. The Morgan fingerprint density at radius 3 is 2.56 bits per heavy atom. The molecule has 0 unspecified atom stereocenters. The number of quaternary nitrogens is 1. The first-order chi connectivity index (χ1) is 21.0. The van der Waals surface area contributed by atoms with Crippen LogP contribution in [0.3, 0.4) is 0 Å². The first-order valence-electron chi connectivity index (χ1n) is 16.8. The number of carbonyl (C=O) groups excluding carboxylic acids is 2. The lowest BCUT2D eigenvalue weighted by atomic mass is 9.88. The van der Waals surface area contributed by atoms with Crippen LogP contribution < -0.4 is 0 Å². The van der Waals surface area contributed by atoms with Crippen LogP contribution >= 0.6 is 0 Å². The minimum absolute atomic E-state index is 0.0989. The van der Waals surface area contributed by atoms with Crippen LogP contribution in [0, 0.1) is 17.8 Å². The van der Waals surface area contributed by atoms with Crippen LogP contribution in [-0.2, 0) is 19.0 Å². The summed E-state index contributed by atoms with van der Waals surface area (Å²) in [4.78, 5) is 27.6. The Kier molecular flexibility index (Phi) is 13.3. The van der Waals surface area contributed by atoms with Gasteiger partial charge < -0.3 is 34.0 Å². The normalized spacial score (nSPS) is 35.8. The number of ether oxygens (including phenoxy) is 3. The molecule has 0 aliphatic carbocycles. The molecule has 3 heterocycles. The van der Waals surface area contributed by atoms with Crippen molar-refractivity contribution in [3.05, 3.63) is 36.0 Å². The van der Waals surface area contributed by atoms with Gasteiger partial charge in [0.05, 0.1) is 71.1 Å². The molecular weight excluding hydrogens is 576 g/mol. The number of cyclic esters (lactones) is 1. The quantitative estimate of drug-likeness (QED) is 0.114. The third-order valence-electron chi connectivity index (χ3n) is 9.78. The van der Waals surface area contributed by atoms with Gasteiger partial charge in [-0.15, -0.1) is 0 Å². The fourth-order valence-corrected chi connectivity index (χ4v) is 6.16. The highest BCUT2D eigenvalue weighted by atomic mass is 16.6. The summed E-state index contributed by atoms with van der Waals surface area (Å²) in [6, 6.07) is 0. The van der Waals surface area contributed by atoms with Crippen molar-refractivity contribution in [2.24, 2.45) is 17.8 Å². The fourth-order valence-electron chi connectivity index (χ4n) is 6.16. The van der Waals surface area contributed by atoms with Crippen LogP contribution in [0.25, 0.3) is 0 Å². The van der Waals surface area contributed by atoms with Gasteiger partial charge >= 0.3 is 12.1 Å². The Labute approximate surface area is 270 Å². The highest BCUT2D eigenvalue weighted by molar-refractivity contribution is 5.70. The number of allylic oxidation sites excluding steroid dienone is 3. The lowest BCUT2D eigenvalue weighted by Gasteiger charge is -2.39. The van der Waals surface area contributed by atoms with E-state index in [9.17, 15) is 24.9 Å². The van der Waals surface area contributed by atoms with E-state index >= 15 is 0 Å². The van der Waals surface area contributed by atoms with Crippen molar-refractivity contribution < 1.29 is 43.6 Å². The molecule has 0 saturated carbocycles. The molecule has 2 saturated heterocycles. The van der Waals surface area contributed by atoms with Gasteiger partial charge in [-0.05, 0) is 57.1 Å². The number of carbonyl (C=O) groups is 2. The molecule has 3 aliphatic rings. The number of piperazine rings is 1. The molecule has 0 spiro atoms. The summed E-state index contributed by atoms with van der Waals surface area (Å²) >= 11 is 0. The number of epoxide rings is 1. The van der Waals surface area contributed by atoms with Crippen LogP contribution in [0.15, 0.2) is 36.0 Å². The van der Waals surface area contributed by atoms with Gasteiger partial charge in [-0.25, -0.2) is 4.79 Å². The average Bonchev–Trinajstić information content (AvgIpc) is 3.73. The summed E-state index contributed by atoms with van der Waals surface area (Å²) in [5.41, 5.74) is -0.623. The second kappa shape index (κ2) is 16.0. The van der Waals surface area contributed by atoms with Crippen molar-refractivity contribution in [1.29, 1.82) is 0 Å². The van der Waals surface area contributed by atoms with Gasteiger partial charge in [0.25, 0.3) is 0 Å². The molecule has 10 nitrogen and oxygen atoms in total. The van der Waals surface area contributed by atoms with Crippen molar-refractivity contribution in [1.82, 2.24) is 4.90 Å². The lowest BCUT2D eigenvalue weighted by Crippen LogP contribution is -2.57. The second-order valence-corrected chi connectivity index (χ2v) is 14.6. The third kappa shape index (κ3) is 11.2. The maximum atomic E-state index is 13.1. The molecule has 3 rings (SSSR count). The Bertz CT molecular complexity index is 1080. The van der Waals surface area contributed by atoms with Crippen LogP contribution in [0.2, 0.25) is 0 Å². The molecule has 0 radical (unpaired) electrons. The topological polar surface area (TPSA) is 129 Å². The number of nitrogens with zero attached hydrogens (tertiary/aromatic N) is 2. The largest absolute Gasteiger partial charge is 0.457 e. The number of esters is 1. The average molecular weight is 636 g/mol. The minimum Gasteiger partial charge on any atom is -0.457 e. The van der Waals surface area contributed by atoms with E-state index in [0.29, 0.717) is 19.5 Å². The summed E-state index contributed by atoms with van der Waals surface area (Å²) in [7, 11) is 4.26. The van der Waals surface area contributed by atoms with E-state index in [1.54, 1.807) is 17.9 Å².